The Morgan fingerprint density at radius 1 is 1.32 bits per heavy atom. The number of hydrogen-bond acceptors (Lipinski definition) is 6. The highest BCUT2D eigenvalue weighted by atomic mass is 32.2. The van der Waals surface area contributed by atoms with Crippen LogP contribution in [-0.4, -0.2) is 28.2 Å². The van der Waals surface area contributed by atoms with E-state index in [9.17, 15) is 4.79 Å². The van der Waals surface area contributed by atoms with E-state index in [4.69, 9.17) is 5.73 Å². The van der Waals surface area contributed by atoms with Crippen molar-refractivity contribution < 1.29 is 4.79 Å². The number of anilines is 1. The summed E-state index contributed by atoms with van der Waals surface area (Å²) in [6.45, 7) is 6.96. The molecule has 7 heteroatoms. The van der Waals surface area contributed by atoms with Gasteiger partial charge in [0.1, 0.15) is 10.6 Å². The molecule has 0 saturated heterocycles. The average molecular weight is 339 g/mol. The first kappa shape index (κ1) is 17.0. The van der Waals surface area contributed by atoms with E-state index in [1.54, 1.807) is 11.3 Å². The van der Waals surface area contributed by atoms with Gasteiger partial charge < -0.3 is 11.1 Å². The van der Waals surface area contributed by atoms with Crippen molar-refractivity contribution in [3.8, 4) is 0 Å². The van der Waals surface area contributed by atoms with E-state index >= 15 is 0 Å². The number of aromatic nitrogens is 2. The molecule has 0 radical (unpaired) electrons. The van der Waals surface area contributed by atoms with Crippen LogP contribution in [0.25, 0.3) is 10.2 Å². The Morgan fingerprint density at radius 3 is 2.82 bits per heavy atom. The second-order valence-electron chi connectivity index (χ2n) is 5.20. The van der Waals surface area contributed by atoms with E-state index in [0.717, 1.165) is 41.6 Å². The normalized spacial score (nSPS) is 11.0. The zero-order valence-corrected chi connectivity index (χ0v) is 14.9. The molecule has 2 aromatic rings. The third-order valence-electron chi connectivity index (χ3n) is 3.47. The molecule has 0 aromatic carbocycles. The fourth-order valence-electron chi connectivity index (χ4n) is 2.11. The van der Waals surface area contributed by atoms with Crippen LogP contribution >= 0.6 is 23.1 Å². The maximum atomic E-state index is 11.8. The smallest absolute Gasteiger partial charge is 0.230 e. The molecule has 0 unspecified atom stereocenters. The van der Waals surface area contributed by atoms with Crippen molar-refractivity contribution >= 4 is 45.0 Å². The van der Waals surface area contributed by atoms with Crippen molar-refractivity contribution in [2.45, 2.75) is 45.2 Å². The Balaban J connectivity index is 1.96. The first-order valence-electron chi connectivity index (χ1n) is 7.45. The predicted octanol–water partition coefficient (Wildman–Crippen LogP) is 3.29. The molecule has 2 aromatic heterocycles. The largest absolute Gasteiger partial charge is 0.383 e. The van der Waals surface area contributed by atoms with Gasteiger partial charge in [-0.25, -0.2) is 9.97 Å². The molecule has 2 heterocycles. The number of thioether (sulfide) groups is 1. The van der Waals surface area contributed by atoms with Gasteiger partial charge in [-0.05, 0) is 25.8 Å². The maximum absolute atomic E-state index is 11.8. The van der Waals surface area contributed by atoms with Crippen molar-refractivity contribution in [3.63, 3.8) is 0 Å². The highest BCUT2D eigenvalue weighted by Crippen LogP contribution is 2.33. The summed E-state index contributed by atoms with van der Waals surface area (Å²) in [5.41, 5.74) is 7.17. The van der Waals surface area contributed by atoms with Crippen LogP contribution in [0, 0.1) is 13.8 Å². The molecule has 0 aliphatic rings. The fourth-order valence-corrected chi connectivity index (χ4v) is 3.88. The molecular weight excluding hydrogens is 316 g/mol. The van der Waals surface area contributed by atoms with Gasteiger partial charge in [0, 0.05) is 11.4 Å². The van der Waals surface area contributed by atoms with Gasteiger partial charge in [0.15, 0.2) is 5.16 Å². The van der Waals surface area contributed by atoms with E-state index in [0.29, 0.717) is 16.7 Å². The lowest BCUT2D eigenvalue weighted by Gasteiger charge is -2.05. The number of thiophene rings is 1. The minimum absolute atomic E-state index is 0.0157. The fraction of sp³-hybridized carbons (Fsp3) is 0.533. The number of unbranched alkanes of at least 4 members (excludes halogenated alkanes) is 2. The van der Waals surface area contributed by atoms with Crippen molar-refractivity contribution in [3.05, 3.63) is 10.4 Å². The summed E-state index contributed by atoms with van der Waals surface area (Å²) in [5, 5.41) is 4.41. The molecule has 0 bridgehead atoms. The van der Waals surface area contributed by atoms with Gasteiger partial charge in [0.05, 0.1) is 11.1 Å². The summed E-state index contributed by atoms with van der Waals surface area (Å²) in [6.07, 6.45) is 3.31. The van der Waals surface area contributed by atoms with Crippen molar-refractivity contribution in [2.24, 2.45) is 0 Å². The Morgan fingerprint density at radius 2 is 2.09 bits per heavy atom. The molecule has 3 N–H and O–H groups in total. The second kappa shape index (κ2) is 7.78. The number of nitrogen functional groups attached to an aromatic ring is 1. The number of rotatable bonds is 7. The summed E-state index contributed by atoms with van der Waals surface area (Å²) < 4.78 is 0. The standard InChI is InChI=1S/C15H22N4OS2/c1-4-5-6-7-17-11(20)8-21-15-18-13(16)12-9(2)10(3)22-14(12)19-15/h4-8H2,1-3H3,(H,17,20)(H2,16,18,19). The predicted molar refractivity (Wildman–Crippen MR) is 94.6 cm³/mol. The highest BCUT2D eigenvalue weighted by Gasteiger charge is 2.13. The molecule has 0 atom stereocenters. The molecule has 5 nitrogen and oxygen atoms in total. The van der Waals surface area contributed by atoms with Gasteiger partial charge in [0.25, 0.3) is 0 Å². The molecule has 0 spiro atoms. The summed E-state index contributed by atoms with van der Waals surface area (Å²) in [6, 6.07) is 0. The number of nitrogens with one attached hydrogen (secondary N) is 1. The van der Waals surface area contributed by atoms with E-state index in [1.807, 2.05) is 6.92 Å². The number of carbonyl (C=O) groups excluding carboxylic acids is 1. The number of aryl methyl sites for hydroxylation is 2. The van der Waals surface area contributed by atoms with Gasteiger partial charge in [0.2, 0.25) is 5.91 Å². The van der Waals surface area contributed by atoms with Crippen LogP contribution in [0.15, 0.2) is 5.16 Å². The lowest BCUT2D eigenvalue weighted by atomic mass is 10.2. The van der Waals surface area contributed by atoms with E-state index in [-0.39, 0.29) is 5.91 Å². The van der Waals surface area contributed by atoms with Gasteiger partial charge in [-0.1, -0.05) is 31.5 Å². The zero-order valence-electron chi connectivity index (χ0n) is 13.2. The average Bonchev–Trinajstić information content (AvgIpc) is 2.77. The number of nitrogens with zero attached hydrogens (tertiary/aromatic N) is 2. The highest BCUT2D eigenvalue weighted by molar-refractivity contribution is 7.99. The third kappa shape index (κ3) is 4.10. The molecule has 120 valence electrons. The minimum atomic E-state index is 0.0157. The van der Waals surface area contributed by atoms with Crippen LogP contribution in [0.5, 0.6) is 0 Å². The van der Waals surface area contributed by atoms with E-state index in [2.05, 4.69) is 29.1 Å². The molecule has 0 aliphatic carbocycles. The summed E-state index contributed by atoms with van der Waals surface area (Å²) in [5.74, 6) is 0.833. The maximum Gasteiger partial charge on any atom is 0.230 e. The number of amides is 1. The second-order valence-corrected chi connectivity index (χ2v) is 7.35. The van der Waals surface area contributed by atoms with Crippen molar-refractivity contribution in [1.82, 2.24) is 15.3 Å². The topological polar surface area (TPSA) is 80.9 Å². The van der Waals surface area contributed by atoms with Crippen LogP contribution in [-0.2, 0) is 4.79 Å². The zero-order chi connectivity index (χ0) is 16.1. The first-order valence-corrected chi connectivity index (χ1v) is 9.25. The molecule has 0 fully saturated rings. The van der Waals surface area contributed by atoms with Crippen molar-refractivity contribution in [1.29, 1.82) is 0 Å². The molecule has 0 aliphatic heterocycles. The van der Waals surface area contributed by atoms with Crippen LogP contribution < -0.4 is 11.1 Å². The summed E-state index contributed by atoms with van der Waals surface area (Å²) >= 11 is 2.94. The Labute approximate surface area is 139 Å². The first-order chi connectivity index (χ1) is 10.5. The molecule has 2 rings (SSSR count). The molecule has 1 amide bonds. The quantitative estimate of drug-likeness (QED) is 0.460. The Kier molecular flexibility index (Phi) is 6.02. The van der Waals surface area contributed by atoms with Crippen LogP contribution in [0.3, 0.4) is 0 Å². The van der Waals surface area contributed by atoms with Crippen molar-refractivity contribution in [2.75, 3.05) is 18.0 Å². The number of carbonyl (C=O) groups is 1. The Hall–Kier alpha value is -1.34. The van der Waals surface area contributed by atoms with Crippen LogP contribution in [0.4, 0.5) is 5.82 Å². The molecule has 22 heavy (non-hydrogen) atoms. The number of fused-ring (bicyclic) bond motifs is 1. The summed E-state index contributed by atoms with van der Waals surface area (Å²) in [4.78, 5) is 22.7. The van der Waals surface area contributed by atoms with Gasteiger partial charge >= 0.3 is 0 Å². The van der Waals surface area contributed by atoms with Crippen LogP contribution in [0.2, 0.25) is 0 Å². The molecule has 0 saturated carbocycles. The monoisotopic (exact) mass is 338 g/mol. The lowest BCUT2D eigenvalue weighted by Crippen LogP contribution is -2.26. The molecular formula is C15H22N4OS2. The van der Waals surface area contributed by atoms with Gasteiger partial charge in [-0.2, -0.15) is 0 Å². The number of nitrogens with two attached hydrogens (primary N) is 1. The Bertz CT molecular complexity index is 669. The SMILES string of the molecule is CCCCCNC(=O)CSc1nc(N)c2c(C)c(C)sc2n1. The third-order valence-corrected chi connectivity index (χ3v) is 5.42. The van der Waals surface area contributed by atoms with Gasteiger partial charge in [-0.3, -0.25) is 4.79 Å². The van der Waals surface area contributed by atoms with Gasteiger partial charge in [-0.15, -0.1) is 11.3 Å². The van der Waals surface area contributed by atoms with E-state index < -0.39 is 0 Å². The summed E-state index contributed by atoms with van der Waals surface area (Å²) in [7, 11) is 0. The van der Waals surface area contributed by atoms with E-state index in [1.165, 1.54) is 16.6 Å². The van der Waals surface area contributed by atoms with Crippen LogP contribution in [0.1, 0.15) is 36.6 Å². The minimum Gasteiger partial charge on any atom is -0.383 e. The lowest BCUT2D eigenvalue weighted by molar-refractivity contribution is -0.118. The number of hydrogen-bond donors (Lipinski definition) is 2.